The molecule has 0 atom stereocenters. The van der Waals surface area contributed by atoms with Crippen molar-refractivity contribution in [2.24, 2.45) is 0 Å². The van der Waals surface area contributed by atoms with E-state index in [-0.39, 0.29) is 0 Å². The Balaban J connectivity index is 1.32. The van der Waals surface area contributed by atoms with Gasteiger partial charge in [-0.05, 0) is 65.7 Å². The molecule has 3 nitrogen and oxygen atoms in total. The number of hydrogen-bond donors (Lipinski definition) is 0. The van der Waals surface area contributed by atoms with Gasteiger partial charge in [-0.25, -0.2) is 0 Å². The lowest BCUT2D eigenvalue weighted by Gasteiger charge is -2.26. The van der Waals surface area contributed by atoms with Crippen molar-refractivity contribution in [3.05, 3.63) is 140 Å². The molecule has 0 unspecified atom stereocenters. The van der Waals surface area contributed by atoms with Gasteiger partial charge >= 0.3 is 0 Å². The maximum Gasteiger partial charge on any atom is 0.137 e. The van der Waals surface area contributed by atoms with Gasteiger partial charge in [0, 0.05) is 27.5 Å². The molecule has 8 aromatic rings. The maximum atomic E-state index is 6.22. The van der Waals surface area contributed by atoms with E-state index in [1.807, 2.05) is 36.4 Å². The van der Waals surface area contributed by atoms with Crippen molar-refractivity contribution in [2.75, 3.05) is 4.90 Å². The second-order valence-electron chi connectivity index (χ2n) is 9.74. The van der Waals surface area contributed by atoms with E-state index in [9.17, 15) is 0 Å². The lowest BCUT2D eigenvalue weighted by atomic mass is 9.99. The molecule has 0 radical (unpaired) electrons. The Bertz CT molecular complexity index is 2120. The zero-order valence-corrected chi connectivity index (χ0v) is 21.0. The minimum Gasteiger partial charge on any atom is -0.456 e. The molecule has 184 valence electrons. The molecule has 6 aromatic carbocycles. The summed E-state index contributed by atoms with van der Waals surface area (Å²) in [6.07, 6.45) is 0. The fraction of sp³-hybridized carbons (Fsp3) is 0. The summed E-state index contributed by atoms with van der Waals surface area (Å²) in [6.45, 7) is 0. The average Bonchev–Trinajstić information content (AvgIpc) is 3.57. The molecule has 8 rings (SSSR count). The van der Waals surface area contributed by atoms with Gasteiger partial charge in [-0.3, -0.25) is 0 Å². The van der Waals surface area contributed by atoms with Crippen molar-refractivity contribution in [1.29, 1.82) is 0 Å². The van der Waals surface area contributed by atoms with Crippen molar-refractivity contribution in [3.63, 3.8) is 0 Å². The van der Waals surface area contributed by atoms with E-state index in [2.05, 4.69) is 108 Å². The van der Waals surface area contributed by atoms with Gasteiger partial charge in [-0.15, -0.1) is 0 Å². The van der Waals surface area contributed by atoms with Crippen LogP contribution < -0.4 is 4.90 Å². The number of nitrogens with zero attached hydrogens (tertiary/aromatic N) is 1. The highest BCUT2D eigenvalue weighted by Gasteiger charge is 2.19. The second-order valence-corrected chi connectivity index (χ2v) is 9.74. The lowest BCUT2D eigenvalue weighted by Crippen LogP contribution is -2.10. The summed E-state index contributed by atoms with van der Waals surface area (Å²) in [5, 5.41) is 4.50. The molecular weight excluding hydrogens is 478 g/mol. The van der Waals surface area contributed by atoms with Crippen LogP contribution in [0.15, 0.2) is 148 Å². The SMILES string of the molecule is c1ccc(N(c2ccc(-c3cccc4oc5ccccc5c34)cc2)c2cccc3oc4ccccc4c23)cc1. The number of fused-ring (bicyclic) bond motifs is 6. The Morgan fingerprint density at radius 1 is 0.385 bits per heavy atom. The first-order valence-corrected chi connectivity index (χ1v) is 13.1. The Morgan fingerprint density at radius 2 is 0.923 bits per heavy atom. The van der Waals surface area contributed by atoms with Crippen LogP contribution in [-0.4, -0.2) is 0 Å². The Hall–Kier alpha value is -5.28. The molecule has 39 heavy (non-hydrogen) atoms. The highest BCUT2D eigenvalue weighted by Crippen LogP contribution is 2.43. The second kappa shape index (κ2) is 8.64. The first-order chi connectivity index (χ1) is 19.3. The number of rotatable bonds is 4. The predicted octanol–water partition coefficient (Wildman–Crippen LogP) is 10.6. The van der Waals surface area contributed by atoms with Crippen molar-refractivity contribution in [3.8, 4) is 11.1 Å². The highest BCUT2D eigenvalue weighted by atomic mass is 16.3. The van der Waals surface area contributed by atoms with E-state index in [0.717, 1.165) is 72.1 Å². The molecule has 0 bridgehead atoms. The molecule has 0 fully saturated rings. The first-order valence-electron chi connectivity index (χ1n) is 13.1. The summed E-state index contributed by atoms with van der Waals surface area (Å²) in [5.74, 6) is 0. The number of benzene rings is 6. The summed E-state index contributed by atoms with van der Waals surface area (Å²) in [5.41, 5.74) is 9.15. The van der Waals surface area contributed by atoms with Crippen LogP contribution in [0.1, 0.15) is 0 Å². The van der Waals surface area contributed by atoms with E-state index in [0.29, 0.717) is 0 Å². The van der Waals surface area contributed by atoms with Crippen LogP contribution in [-0.2, 0) is 0 Å². The van der Waals surface area contributed by atoms with Gasteiger partial charge in [-0.2, -0.15) is 0 Å². The van der Waals surface area contributed by atoms with Crippen LogP contribution >= 0.6 is 0 Å². The normalized spacial score (nSPS) is 11.6. The molecular formula is C36H23NO2. The van der Waals surface area contributed by atoms with Crippen LogP contribution in [0.4, 0.5) is 17.1 Å². The van der Waals surface area contributed by atoms with Crippen LogP contribution in [0.5, 0.6) is 0 Å². The molecule has 0 spiro atoms. The average molecular weight is 502 g/mol. The van der Waals surface area contributed by atoms with E-state index >= 15 is 0 Å². The number of hydrogen-bond acceptors (Lipinski definition) is 3. The Labute approximate surface area is 225 Å². The maximum absolute atomic E-state index is 6.22. The lowest BCUT2D eigenvalue weighted by molar-refractivity contribution is 0.668. The van der Waals surface area contributed by atoms with Crippen molar-refractivity contribution < 1.29 is 8.83 Å². The molecule has 0 aliphatic carbocycles. The quantitative estimate of drug-likeness (QED) is 0.240. The molecule has 0 N–H and O–H groups in total. The third kappa shape index (κ3) is 3.44. The molecule has 0 aliphatic heterocycles. The molecule has 0 amide bonds. The first kappa shape index (κ1) is 21.8. The van der Waals surface area contributed by atoms with E-state index in [4.69, 9.17) is 8.83 Å². The van der Waals surface area contributed by atoms with E-state index in [1.165, 1.54) is 0 Å². The summed E-state index contributed by atoms with van der Waals surface area (Å²) in [4.78, 5) is 2.31. The monoisotopic (exact) mass is 501 g/mol. The fourth-order valence-corrected chi connectivity index (χ4v) is 5.75. The zero-order chi connectivity index (χ0) is 25.8. The standard InChI is InChI=1S/C36H23NO2/c1-2-10-25(11-3-1)37(30-15-9-19-34-36(30)29-13-5-7-17-32(29)39-34)26-22-20-24(21-23-26)27-14-8-18-33-35(27)28-12-4-6-16-31(28)38-33/h1-23H. The van der Waals surface area contributed by atoms with Crippen molar-refractivity contribution in [2.45, 2.75) is 0 Å². The van der Waals surface area contributed by atoms with Gasteiger partial charge in [0.2, 0.25) is 0 Å². The van der Waals surface area contributed by atoms with Crippen LogP contribution in [0, 0.1) is 0 Å². The van der Waals surface area contributed by atoms with Gasteiger partial charge in [-0.1, -0.05) is 84.9 Å². The van der Waals surface area contributed by atoms with Gasteiger partial charge in [0.05, 0.1) is 11.1 Å². The molecule has 2 heterocycles. The molecule has 3 heteroatoms. The van der Waals surface area contributed by atoms with Gasteiger partial charge < -0.3 is 13.7 Å². The zero-order valence-electron chi connectivity index (χ0n) is 21.0. The summed E-state index contributed by atoms with van der Waals surface area (Å²) < 4.78 is 12.4. The van der Waals surface area contributed by atoms with Gasteiger partial charge in [0.15, 0.2) is 0 Å². The van der Waals surface area contributed by atoms with Crippen LogP contribution in [0.25, 0.3) is 55.0 Å². The van der Waals surface area contributed by atoms with Gasteiger partial charge in [0.1, 0.15) is 22.3 Å². The van der Waals surface area contributed by atoms with E-state index < -0.39 is 0 Å². The molecule has 0 aliphatic rings. The van der Waals surface area contributed by atoms with Crippen LogP contribution in [0.3, 0.4) is 0 Å². The van der Waals surface area contributed by atoms with Crippen molar-refractivity contribution >= 4 is 60.9 Å². The number of para-hydroxylation sites is 3. The Morgan fingerprint density at radius 3 is 1.64 bits per heavy atom. The van der Waals surface area contributed by atoms with Crippen molar-refractivity contribution in [1.82, 2.24) is 0 Å². The summed E-state index contributed by atoms with van der Waals surface area (Å²) >= 11 is 0. The molecule has 0 saturated carbocycles. The minimum absolute atomic E-state index is 0.879. The predicted molar refractivity (Wildman–Crippen MR) is 161 cm³/mol. The molecule has 2 aromatic heterocycles. The number of anilines is 3. The fourth-order valence-electron chi connectivity index (χ4n) is 5.75. The third-order valence-electron chi connectivity index (χ3n) is 7.47. The van der Waals surface area contributed by atoms with Crippen LogP contribution in [0.2, 0.25) is 0 Å². The highest BCUT2D eigenvalue weighted by molar-refractivity contribution is 6.14. The van der Waals surface area contributed by atoms with Gasteiger partial charge in [0.25, 0.3) is 0 Å². The topological polar surface area (TPSA) is 29.5 Å². The largest absolute Gasteiger partial charge is 0.456 e. The summed E-state index contributed by atoms with van der Waals surface area (Å²) in [7, 11) is 0. The summed E-state index contributed by atoms with van der Waals surface area (Å²) in [6, 6.07) is 48.3. The van der Waals surface area contributed by atoms with E-state index in [1.54, 1.807) is 0 Å². The number of furan rings is 2. The Kier molecular flexibility index (Phi) is 4.82. The smallest absolute Gasteiger partial charge is 0.137 e. The minimum atomic E-state index is 0.879. The molecule has 0 saturated heterocycles. The third-order valence-corrected chi connectivity index (χ3v) is 7.47.